The summed E-state index contributed by atoms with van der Waals surface area (Å²) >= 11 is 6.08. The molecular weight excluding hydrogens is 316 g/mol. The van der Waals surface area contributed by atoms with Crippen molar-refractivity contribution in [1.29, 1.82) is 0 Å². The third-order valence-electron chi connectivity index (χ3n) is 4.63. The number of carbonyl (C=O) groups is 3. The maximum atomic E-state index is 12.3. The van der Waals surface area contributed by atoms with E-state index < -0.39 is 5.91 Å². The molecule has 1 saturated heterocycles. The highest BCUT2D eigenvalue weighted by Crippen LogP contribution is 2.37. The summed E-state index contributed by atoms with van der Waals surface area (Å²) in [4.78, 5) is 38.0. The second kappa shape index (κ2) is 6.32. The second-order valence-corrected chi connectivity index (χ2v) is 6.70. The van der Waals surface area contributed by atoms with E-state index >= 15 is 0 Å². The number of anilines is 1. The maximum absolute atomic E-state index is 12.3. The Kier molecular flexibility index (Phi) is 4.39. The lowest BCUT2D eigenvalue weighted by Gasteiger charge is -2.19. The Morgan fingerprint density at radius 1 is 1.22 bits per heavy atom. The second-order valence-electron chi connectivity index (χ2n) is 6.29. The van der Waals surface area contributed by atoms with Crippen LogP contribution in [0.1, 0.15) is 31.2 Å². The van der Waals surface area contributed by atoms with Gasteiger partial charge in [0.15, 0.2) is 0 Å². The summed E-state index contributed by atoms with van der Waals surface area (Å²) in [6.45, 7) is 1.66. The Balaban J connectivity index is 1.68. The number of nitrogens with one attached hydrogen (secondary N) is 1. The first kappa shape index (κ1) is 16.0. The van der Waals surface area contributed by atoms with E-state index in [4.69, 9.17) is 11.6 Å². The van der Waals surface area contributed by atoms with E-state index in [9.17, 15) is 14.4 Å². The molecule has 3 amide bonds. The van der Waals surface area contributed by atoms with Crippen LogP contribution in [0.4, 0.5) is 5.69 Å². The van der Waals surface area contributed by atoms with Crippen molar-refractivity contribution in [2.24, 2.45) is 11.8 Å². The minimum absolute atomic E-state index is 0.204. The van der Waals surface area contributed by atoms with Crippen molar-refractivity contribution in [3.63, 3.8) is 0 Å². The fraction of sp³-hybridized carbons (Fsp3) is 0.471. The molecule has 1 aliphatic carbocycles. The molecule has 5 nitrogen and oxygen atoms in total. The van der Waals surface area contributed by atoms with Crippen LogP contribution in [-0.4, -0.2) is 29.2 Å². The third kappa shape index (κ3) is 3.11. The average molecular weight is 335 g/mol. The summed E-state index contributed by atoms with van der Waals surface area (Å²) in [6.07, 6.45) is 3.44. The van der Waals surface area contributed by atoms with Gasteiger partial charge >= 0.3 is 0 Å². The highest BCUT2D eigenvalue weighted by Gasteiger charge is 2.48. The molecule has 2 unspecified atom stereocenters. The number of fused-ring (bicyclic) bond motifs is 1. The van der Waals surface area contributed by atoms with Crippen LogP contribution >= 0.6 is 11.6 Å². The quantitative estimate of drug-likeness (QED) is 0.864. The van der Waals surface area contributed by atoms with E-state index in [0.29, 0.717) is 10.7 Å². The van der Waals surface area contributed by atoms with Gasteiger partial charge in [0.25, 0.3) is 0 Å². The molecule has 23 heavy (non-hydrogen) atoms. The number of carbonyl (C=O) groups excluding carboxylic acids is 3. The van der Waals surface area contributed by atoms with Gasteiger partial charge in [-0.15, -0.1) is 0 Å². The highest BCUT2D eigenvalue weighted by molar-refractivity contribution is 6.33. The fourth-order valence-electron chi connectivity index (χ4n) is 3.44. The normalized spacial score (nSPS) is 23.8. The lowest BCUT2D eigenvalue weighted by Crippen LogP contribution is -2.38. The van der Waals surface area contributed by atoms with E-state index in [1.165, 1.54) is 0 Å². The number of rotatable bonds is 3. The summed E-state index contributed by atoms with van der Waals surface area (Å²) in [5.74, 6) is -1.27. The zero-order chi connectivity index (χ0) is 16.6. The van der Waals surface area contributed by atoms with Gasteiger partial charge in [-0.1, -0.05) is 30.5 Å². The molecule has 2 fully saturated rings. The monoisotopic (exact) mass is 334 g/mol. The van der Waals surface area contributed by atoms with Gasteiger partial charge in [0.1, 0.15) is 6.54 Å². The molecule has 0 bridgehead atoms. The molecule has 2 aliphatic rings. The van der Waals surface area contributed by atoms with Crippen molar-refractivity contribution in [2.45, 2.75) is 32.6 Å². The SMILES string of the molecule is Cc1ccc(NC(=O)CN2C(=O)C3CCCCC3C2=O)c(Cl)c1. The number of hydrogen-bond donors (Lipinski definition) is 1. The molecule has 0 aromatic heterocycles. The Bertz CT molecular complexity index is 650. The summed E-state index contributed by atoms with van der Waals surface area (Å²) in [5.41, 5.74) is 1.47. The molecule has 122 valence electrons. The predicted molar refractivity (Wildman–Crippen MR) is 87.0 cm³/mol. The molecule has 1 aromatic rings. The Hall–Kier alpha value is -1.88. The van der Waals surface area contributed by atoms with Crippen LogP contribution in [0.3, 0.4) is 0 Å². The number of hydrogen-bond acceptors (Lipinski definition) is 3. The number of likely N-dealkylation sites (tertiary alicyclic amines) is 1. The first-order valence-electron chi connectivity index (χ1n) is 7.88. The molecule has 0 spiro atoms. The third-order valence-corrected chi connectivity index (χ3v) is 4.95. The number of amides is 3. The van der Waals surface area contributed by atoms with Gasteiger partial charge in [0.2, 0.25) is 17.7 Å². The van der Waals surface area contributed by atoms with Gasteiger partial charge in [0, 0.05) is 0 Å². The summed E-state index contributed by atoms with van der Waals surface area (Å²) in [7, 11) is 0. The zero-order valence-electron chi connectivity index (χ0n) is 13.0. The highest BCUT2D eigenvalue weighted by atomic mass is 35.5. The van der Waals surface area contributed by atoms with Gasteiger partial charge in [-0.05, 0) is 37.5 Å². The van der Waals surface area contributed by atoms with Crippen LogP contribution in [0.2, 0.25) is 5.02 Å². The smallest absolute Gasteiger partial charge is 0.244 e. The summed E-state index contributed by atoms with van der Waals surface area (Å²) in [5, 5.41) is 3.11. The largest absolute Gasteiger partial charge is 0.323 e. The van der Waals surface area contributed by atoms with Crippen LogP contribution in [0, 0.1) is 18.8 Å². The van der Waals surface area contributed by atoms with Crippen LogP contribution in [0.5, 0.6) is 0 Å². The molecule has 2 atom stereocenters. The van der Waals surface area contributed by atoms with Crippen LogP contribution in [0.25, 0.3) is 0 Å². The predicted octanol–water partition coefficient (Wildman–Crippen LogP) is 2.76. The molecule has 1 heterocycles. The van der Waals surface area contributed by atoms with E-state index in [2.05, 4.69) is 5.32 Å². The molecular formula is C17H19ClN2O3. The van der Waals surface area contributed by atoms with Gasteiger partial charge in [-0.25, -0.2) is 0 Å². The summed E-state index contributed by atoms with van der Waals surface area (Å²) in [6, 6.07) is 5.29. The molecule has 0 radical (unpaired) electrons. The topological polar surface area (TPSA) is 66.5 Å². The van der Waals surface area contributed by atoms with E-state index in [0.717, 1.165) is 36.1 Å². The Morgan fingerprint density at radius 2 is 1.83 bits per heavy atom. The minimum atomic E-state index is -0.406. The maximum Gasteiger partial charge on any atom is 0.244 e. The van der Waals surface area contributed by atoms with Crippen molar-refractivity contribution in [1.82, 2.24) is 4.90 Å². The first-order chi connectivity index (χ1) is 11.0. The number of halogens is 1. The lowest BCUT2D eigenvalue weighted by molar-refractivity contribution is -0.142. The zero-order valence-corrected chi connectivity index (χ0v) is 13.7. The standard InChI is InChI=1S/C17H19ClN2O3/c1-10-6-7-14(13(18)8-10)19-15(21)9-20-16(22)11-4-2-3-5-12(11)17(20)23/h6-8,11-12H,2-5,9H2,1H3,(H,19,21). The van der Waals surface area contributed by atoms with Gasteiger partial charge in [0.05, 0.1) is 22.5 Å². The van der Waals surface area contributed by atoms with Gasteiger partial charge in [-0.2, -0.15) is 0 Å². The van der Waals surface area contributed by atoms with E-state index in [1.54, 1.807) is 12.1 Å². The van der Waals surface area contributed by atoms with E-state index in [-0.39, 0.29) is 30.2 Å². The number of imide groups is 1. The summed E-state index contributed by atoms with van der Waals surface area (Å²) < 4.78 is 0. The molecule has 1 aromatic carbocycles. The number of aryl methyl sites for hydroxylation is 1. The molecule has 1 N–H and O–H groups in total. The molecule has 3 rings (SSSR count). The van der Waals surface area contributed by atoms with Crippen molar-refractivity contribution < 1.29 is 14.4 Å². The van der Waals surface area contributed by atoms with Crippen molar-refractivity contribution >= 4 is 35.0 Å². The van der Waals surface area contributed by atoms with Crippen LogP contribution in [-0.2, 0) is 14.4 Å². The van der Waals surface area contributed by atoms with Gasteiger partial charge < -0.3 is 5.32 Å². The number of nitrogens with zero attached hydrogens (tertiary/aromatic N) is 1. The fourth-order valence-corrected chi connectivity index (χ4v) is 3.72. The lowest BCUT2D eigenvalue weighted by atomic mass is 9.81. The minimum Gasteiger partial charge on any atom is -0.323 e. The molecule has 1 saturated carbocycles. The average Bonchev–Trinajstić information content (AvgIpc) is 2.76. The van der Waals surface area contributed by atoms with Crippen LogP contribution < -0.4 is 5.32 Å². The number of benzene rings is 1. The molecule has 6 heteroatoms. The Morgan fingerprint density at radius 3 is 2.39 bits per heavy atom. The molecule has 1 aliphatic heterocycles. The van der Waals surface area contributed by atoms with Gasteiger partial charge in [-0.3, -0.25) is 19.3 Å². The van der Waals surface area contributed by atoms with Crippen molar-refractivity contribution in [3.05, 3.63) is 28.8 Å². The van der Waals surface area contributed by atoms with Crippen molar-refractivity contribution in [3.8, 4) is 0 Å². The van der Waals surface area contributed by atoms with Crippen molar-refractivity contribution in [2.75, 3.05) is 11.9 Å². The Labute approximate surface area is 140 Å². The first-order valence-corrected chi connectivity index (χ1v) is 8.26. The van der Waals surface area contributed by atoms with E-state index in [1.807, 2.05) is 13.0 Å². The van der Waals surface area contributed by atoms with Crippen LogP contribution in [0.15, 0.2) is 18.2 Å².